The van der Waals surface area contributed by atoms with Gasteiger partial charge in [-0.1, -0.05) is 35.3 Å². The highest BCUT2D eigenvalue weighted by atomic mass is 35.5. The van der Waals surface area contributed by atoms with Crippen LogP contribution in [0.15, 0.2) is 41.3 Å². The first kappa shape index (κ1) is 19.9. The van der Waals surface area contributed by atoms with Crippen LogP contribution in [0.2, 0.25) is 10.0 Å². The van der Waals surface area contributed by atoms with Gasteiger partial charge in [0, 0.05) is 34.6 Å². The van der Waals surface area contributed by atoms with Gasteiger partial charge in [0.05, 0.1) is 16.3 Å². The van der Waals surface area contributed by atoms with Crippen molar-refractivity contribution >= 4 is 33.3 Å². The zero-order chi connectivity index (χ0) is 19.9. The lowest BCUT2D eigenvalue weighted by molar-refractivity contribution is 0.483. The quantitative estimate of drug-likeness (QED) is 0.607. The van der Waals surface area contributed by atoms with Crippen LogP contribution in [0.5, 0.6) is 0 Å². The van der Waals surface area contributed by atoms with Crippen molar-refractivity contribution in [3.8, 4) is 11.3 Å². The highest BCUT2D eigenvalue weighted by Gasteiger charge is 2.20. The van der Waals surface area contributed by atoms with E-state index in [9.17, 15) is 13.0 Å². The molecule has 0 aliphatic carbocycles. The fourth-order valence-corrected chi connectivity index (χ4v) is 4.10. The molecule has 0 atom stereocenters. The van der Waals surface area contributed by atoms with Gasteiger partial charge in [0.25, 0.3) is 10.1 Å². The molecule has 2 aromatic carbocycles. The Labute approximate surface area is 168 Å². The number of aryl methyl sites for hydroxylation is 3. The third-order valence-corrected chi connectivity index (χ3v) is 5.93. The van der Waals surface area contributed by atoms with Crippen LogP contribution in [-0.2, 0) is 23.6 Å². The molecule has 3 aromatic rings. The Bertz CT molecular complexity index is 1140. The lowest BCUT2D eigenvalue weighted by Crippen LogP contribution is -2.02. The Kier molecular flexibility index (Phi) is 5.36. The molecule has 142 valence electrons. The van der Waals surface area contributed by atoms with Crippen LogP contribution in [0.25, 0.3) is 11.3 Å². The molecule has 1 heterocycles. The third kappa shape index (κ3) is 4.04. The molecule has 5 nitrogen and oxygen atoms in total. The molecule has 1 N–H and O–H groups in total. The number of rotatable bonds is 4. The molecule has 8 heteroatoms. The molecular formula is C19H18Cl2N2O3S. The van der Waals surface area contributed by atoms with E-state index >= 15 is 0 Å². The number of aromatic nitrogens is 2. The molecule has 0 unspecified atom stereocenters. The maximum atomic E-state index is 11.6. The number of benzene rings is 2. The van der Waals surface area contributed by atoms with E-state index in [0.29, 0.717) is 22.0 Å². The Balaban J connectivity index is 2.18. The van der Waals surface area contributed by atoms with Gasteiger partial charge >= 0.3 is 0 Å². The predicted molar refractivity (Wildman–Crippen MR) is 107 cm³/mol. The molecule has 0 saturated heterocycles. The summed E-state index contributed by atoms with van der Waals surface area (Å²) >= 11 is 12.3. The Morgan fingerprint density at radius 2 is 1.81 bits per heavy atom. The van der Waals surface area contributed by atoms with E-state index in [1.165, 1.54) is 12.1 Å². The molecule has 0 fully saturated rings. The first-order valence-electron chi connectivity index (χ1n) is 8.13. The van der Waals surface area contributed by atoms with Crippen molar-refractivity contribution in [2.75, 3.05) is 0 Å². The fourth-order valence-electron chi connectivity index (χ4n) is 3.12. The molecule has 3 rings (SSSR count). The summed E-state index contributed by atoms with van der Waals surface area (Å²) in [5.74, 6) is 0. The van der Waals surface area contributed by atoms with Gasteiger partial charge in [-0.15, -0.1) is 0 Å². The monoisotopic (exact) mass is 424 g/mol. The average Bonchev–Trinajstić information content (AvgIpc) is 2.83. The molecule has 1 aromatic heterocycles. The van der Waals surface area contributed by atoms with Gasteiger partial charge in [0.1, 0.15) is 0 Å². The molecule has 0 radical (unpaired) electrons. The zero-order valence-corrected chi connectivity index (χ0v) is 17.3. The van der Waals surface area contributed by atoms with Crippen molar-refractivity contribution in [3.63, 3.8) is 0 Å². The molecular weight excluding hydrogens is 407 g/mol. The van der Waals surface area contributed by atoms with E-state index < -0.39 is 10.1 Å². The van der Waals surface area contributed by atoms with E-state index in [1.807, 2.05) is 19.9 Å². The van der Waals surface area contributed by atoms with Crippen molar-refractivity contribution in [2.45, 2.75) is 25.2 Å². The minimum absolute atomic E-state index is 0.155. The van der Waals surface area contributed by atoms with Crippen molar-refractivity contribution in [3.05, 3.63) is 68.8 Å². The lowest BCUT2D eigenvalue weighted by atomic mass is 9.96. The summed E-state index contributed by atoms with van der Waals surface area (Å²) in [4.78, 5) is -0.155. The highest BCUT2D eigenvalue weighted by Crippen LogP contribution is 2.33. The van der Waals surface area contributed by atoms with E-state index in [2.05, 4.69) is 5.10 Å². The summed E-state index contributed by atoms with van der Waals surface area (Å²) in [6, 6.07) is 9.84. The van der Waals surface area contributed by atoms with Crippen LogP contribution >= 0.6 is 23.2 Å². The van der Waals surface area contributed by atoms with Crippen LogP contribution in [-0.4, -0.2) is 22.8 Å². The molecule has 27 heavy (non-hydrogen) atoms. The van der Waals surface area contributed by atoms with E-state index in [4.69, 9.17) is 23.2 Å². The van der Waals surface area contributed by atoms with E-state index in [1.54, 1.807) is 29.9 Å². The second-order valence-electron chi connectivity index (χ2n) is 6.40. The first-order valence-corrected chi connectivity index (χ1v) is 10.3. The van der Waals surface area contributed by atoms with Gasteiger partial charge in [-0.25, -0.2) is 0 Å². The molecule has 0 spiro atoms. The fraction of sp³-hybridized carbons (Fsp3) is 0.211. The minimum atomic E-state index is -4.30. The first-order chi connectivity index (χ1) is 12.6. The second kappa shape index (κ2) is 7.28. The van der Waals surface area contributed by atoms with E-state index in [0.717, 1.165) is 28.1 Å². The second-order valence-corrected chi connectivity index (χ2v) is 8.67. The maximum Gasteiger partial charge on any atom is 0.294 e. The predicted octanol–water partition coefficient (Wildman–Crippen LogP) is 4.85. The summed E-state index contributed by atoms with van der Waals surface area (Å²) in [5, 5.41) is 5.61. The number of hydrogen-bond donors (Lipinski definition) is 1. The summed E-state index contributed by atoms with van der Waals surface area (Å²) in [6.07, 6.45) is 0.514. The van der Waals surface area contributed by atoms with Crippen LogP contribution in [0.4, 0.5) is 0 Å². The number of halogens is 2. The number of nitrogens with zero attached hydrogens (tertiary/aromatic N) is 2. The van der Waals surface area contributed by atoms with E-state index in [-0.39, 0.29) is 4.90 Å². The van der Waals surface area contributed by atoms with Crippen LogP contribution in [0, 0.1) is 13.8 Å². The Morgan fingerprint density at radius 1 is 1.11 bits per heavy atom. The smallest absolute Gasteiger partial charge is 0.282 e. The van der Waals surface area contributed by atoms with Crippen molar-refractivity contribution in [1.29, 1.82) is 0 Å². The molecule has 0 saturated carbocycles. The van der Waals surface area contributed by atoms with Crippen LogP contribution in [0.1, 0.15) is 22.4 Å². The number of hydrogen-bond acceptors (Lipinski definition) is 3. The van der Waals surface area contributed by atoms with Crippen LogP contribution in [0.3, 0.4) is 0 Å². The zero-order valence-electron chi connectivity index (χ0n) is 15.0. The van der Waals surface area contributed by atoms with Gasteiger partial charge in [0.2, 0.25) is 0 Å². The highest BCUT2D eigenvalue weighted by molar-refractivity contribution is 7.85. The van der Waals surface area contributed by atoms with Gasteiger partial charge < -0.3 is 0 Å². The van der Waals surface area contributed by atoms with Gasteiger partial charge in [-0.3, -0.25) is 9.23 Å². The largest absolute Gasteiger partial charge is 0.294 e. The summed E-state index contributed by atoms with van der Waals surface area (Å²) in [6.45, 7) is 3.77. The minimum Gasteiger partial charge on any atom is -0.282 e. The molecule has 0 aliphatic heterocycles. The van der Waals surface area contributed by atoms with Crippen molar-refractivity contribution in [1.82, 2.24) is 9.78 Å². The average molecular weight is 425 g/mol. The molecule has 0 bridgehead atoms. The van der Waals surface area contributed by atoms with Crippen molar-refractivity contribution in [2.24, 2.45) is 7.05 Å². The van der Waals surface area contributed by atoms with Gasteiger partial charge in [-0.2, -0.15) is 13.5 Å². The maximum absolute atomic E-state index is 11.6. The molecule has 0 amide bonds. The van der Waals surface area contributed by atoms with Crippen LogP contribution < -0.4 is 0 Å². The SMILES string of the molecule is Cc1ccc(S(=O)(=O)O)cc1-c1c(Cc2ccc(Cl)cc2Cl)c(C)nn1C. The lowest BCUT2D eigenvalue weighted by Gasteiger charge is -2.12. The standard InChI is InChI=1S/C19H18Cl2N2O3S/c1-11-4-7-15(27(24,25)26)10-16(11)19-17(12(2)22-23(19)3)8-13-5-6-14(20)9-18(13)21/h4-7,9-10H,8H2,1-3H3,(H,24,25,26). The van der Waals surface area contributed by atoms with Gasteiger partial charge in [0.15, 0.2) is 0 Å². The molecule has 0 aliphatic rings. The third-order valence-electron chi connectivity index (χ3n) is 4.49. The normalized spacial score (nSPS) is 11.8. The Hall–Kier alpha value is -1.86. The summed E-state index contributed by atoms with van der Waals surface area (Å²) < 4.78 is 34.3. The summed E-state index contributed by atoms with van der Waals surface area (Å²) in [5.41, 5.74) is 4.97. The topological polar surface area (TPSA) is 72.2 Å². The van der Waals surface area contributed by atoms with Crippen molar-refractivity contribution < 1.29 is 13.0 Å². The van der Waals surface area contributed by atoms with Gasteiger partial charge in [-0.05, 0) is 49.2 Å². The summed E-state index contributed by atoms with van der Waals surface area (Å²) in [7, 11) is -2.50. The Morgan fingerprint density at radius 3 is 2.44 bits per heavy atom.